The lowest BCUT2D eigenvalue weighted by Crippen LogP contribution is -2.39. The van der Waals surface area contributed by atoms with Gasteiger partial charge in [-0.25, -0.2) is 9.78 Å². The monoisotopic (exact) mass is 430 g/mol. The van der Waals surface area contributed by atoms with E-state index in [1.807, 2.05) is 30.3 Å². The summed E-state index contributed by atoms with van der Waals surface area (Å²) >= 11 is 0. The van der Waals surface area contributed by atoms with Crippen LogP contribution in [0.3, 0.4) is 0 Å². The average molecular weight is 430 g/mol. The number of nitrogens with zero attached hydrogens (tertiary/aromatic N) is 1. The number of rotatable bonds is 5. The minimum atomic E-state index is -5.77. The van der Waals surface area contributed by atoms with Crippen LogP contribution in [-0.2, 0) is 34.3 Å². The Hall–Kier alpha value is -2.82. The van der Waals surface area contributed by atoms with Crippen molar-refractivity contribution in [2.75, 3.05) is 0 Å². The SMILES string of the molecule is O=C(N[C@H]1CCc2nc(OS(=O)(=O)C(F)(F)F)ccc2C1)OCc1ccccc1. The number of aromatic nitrogens is 1. The lowest BCUT2D eigenvalue weighted by molar-refractivity contribution is -0.0501. The van der Waals surface area contributed by atoms with Crippen molar-refractivity contribution in [3.8, 4) is 5.88 Å². The fourth-order valence-corrected chi connectivity index (χ4v) is 3.26. The largest absolute Gasteiger partial charge is 0.534 e. The van der Waals surface area contributed by atoms with Gasteiger partial charge in [0, 0.05) is 17.8 Å². The molecule has 2 aromatic rings. The summed E-state index contributed by atoms with van der Waals surface area (Å²) in [6, 6.07) is 11.4. The van der Waals surface area contributed by atoms with Crippen LogP contribution in [0.4, 0.5) is 18.0 Å². The summed E-state index contributed by atoms with van der Waals surface area (Å²) in [5, 5.41) is 2.74. The highest BCUT2D eigenvalue weighted by atomic mass is 32.2. The Morgan fingerprint density at radius 2 is 1.90 bits per heavy atom. The predicted octanol–water partition coefficient (Wildman–Crippen LogP) is 3.09. The number of amides is 1. The van der Waals surface area contributed by atoms with Gasteiger partial charge in [0.25, 0.3) is 0 Å². The first-order chi connectivity index (χ1) is 13.6. The molecule has 0 unspecified atom stereocenters. The van der Waals surface area contributed by atoms with E-state index in [1.54, 1.807) is 0 Å². The van der Waals surface area contributed by atoms with Crippen LogP contribution >= 0.6 is 0 Å². The first-order valence-corrected chi connectivity index (χ1v) is 10.0. The van der Waals surface area contributed by atoms with E-state index in [1.165, 1.54) is 6.07 Å². The minimum Gasteiger partial charge on any atom is -0.445 e. The second kappa shape index (κ2) is 8.27. The maximum absolute atomic E-state index is 12.4. The molecule has 0 saturated carbocycles. The zero-order valence-corrected chi connectivity index (χ0v) is 15.8. The standard InChI is InChI=1S/C18H17F3N2O5S/c19-18(20,21)29(25,26)28-16-9-6-13-10-14(7-8-15(13)23-16)22-17(24)27-11-12-4-2-1-3-5-12/h1-6,9,14H,7-8,10-11H2,(H,22,24)/t14-/m0/s1. The van der Waals surface area contributed by atoms with Gasteiger partial charge in [0.1, 0.15) is 6.61 Å². The first-order valence-electron chi connectivity index (χ1n) is 8.61. The topological polar surface area (TPSA) is 94.6 Å². The quantitative estimate of drug-likeness (QED) is 0.579. The van der Waals surface area contributed by atoms with E-state index in [4.69, 9.17) is 4.74 Å². The number of carbonyl (C=O) groups is 1. The van der Waals surface area contributed by atoms with Gasteiger partial charge in [-0.2, -0.15) is 21.6 Å². The number of alkyl carbamates (subject to hydrolysis) is 1. The molecule has 0 aliphatic heterocycles. The van der Waals surface area contributed by atoms with Crippen LogP contribution in [0, 0.1) is 0 Å². The molecule has 7 nitrogen and oxygen atoms in total. The molecule has 0 bridgehead atoms. The number of fused-ring (bicyclic) bond motifs is 1. The highest BCUT2D eigenvalue weighted by Crippen LogP contribution is 2.28. The van der Waals surface area contributed by atoms with Gasteiger partial charge in [-0.1, -0.05) is 36.4 Å². The Morgan fingerprint density at radius 3 is 2.59 bits per heavy atom. The third kappa shape index (κ3) is 5.37. The molecule has 1 aliphatic rings. The van der Waals surface area contributed by atoms with E-state index >= 15 is 0 Å². The summed E-state index contributed by atoms with van der Waals surface area (Å²) < 4.78 is 68.6. The molecule has 0 spiro atoms. The van der Waals surface area contributed by atoms with Gasteiger partial charge in [0.15, 0.2) is 0 Å². The van der Waals surface area contributed by atoms with Gasteiger partial charge in [-0.3, -0.25) is 0 Å². The van der Waals surface area contributed by atoms with Crippen molar-refractivity contribution < 1.29 is 35.3 Å². The molecule has 29 heavy (non-hydrogen) atoms. The molecule has 11 heteroatoms. The van der Waals surface area contributed by atoms with Crippen LogP contribution in [0.25, 0.3) is 0 Å². The van der Waals surface area contributed by atoms with Crippen LogP contribution in [0.1, 0.15) is 23.2 Å². The number of halogens is 3. The van der Waals surface area contributed by atoms with E-state index in [0.29, 0.717) is 30.5 Å². The maximum Gasteiger partial charge on any atom is 0.534 e. The number of aryl methyl sites for hydroxylation is 1. The van der Waals surface area contributed by atoms with Crippen LogP contribution in [0.2, 0.25) is 0 Å². The summed E-state index contributed by atoms with van der Waals surface area (Å²) in [5.41, 5.74) is -3.57. The lowest BCUT2D eigenvalue weighted by atomic mass is 9.92. The fourth-order valence-electron chi connectivity index (χ4n) is 2.85. The Labute approximate surface area is 165 Å². The number of ether oxygens (including phenoxy) is 1. The molecule has 0 fully saturated rings. The van der Waals surface area contributed by atoms with Crippen LogP contribution in [-0.4, -0.2) is 31.0 Å². The van der Waals surface area contributed by atoms with Crippen molar-refractivity contribution in [1.82, 2.24) is 10.3 Å². The lowest BCUT2D eigenvalue weighted by Gasteiger charge is -2.24. The number of alkyl halides is 3. The fraction of sp³-hybridized carbons (Fsp3) is 0.333. The van der Waals surface area contributed by atoms with E-state index in [-0.39, 0.29) is 12.6 Å². The molecule has 1 N–H and O–H groups in total. The first kappa shape index (κ1) is 20.9. The highest BCUT2D eigenvalue weighted by molar-refractivity contribution is 7.87. The minimum absolute atomic E-state index is 0.131. The second-order valence-corrected chi connectivity index (χ2v) is 7.92. The number of hydrogen-bond donors (Lipinski definition) is 1. The van der Waals surface area contributed by atoms with Crippen LogP contribution in [0.5, 0.6) is 5.88 Å². The van der Waals surface area contributed by atoms with E-state index < -0.39 is 27.6 Å². The van der Waals surface area contributed by atoms with Crippen LogP contribution < -0.4 is 9.50 Å². The van der Waals surface area contributed by atoms with Gasteiger partial charge in [-0.15, -0.1) is 0 Å². The summed E-state index contributed by atoms with van der Waals surface area (Å²) in [7, 11) is -5.77. The normalized spacial score (nSPS) is 16.6. The molecule has 0 radical (unpaired) electrons. The predicted molar refractivity (Wildman–Crippen MR) is 95.4 cm³/mol. The van der Waals surface area contributed by atoms with Gasteiger partial charge in [0.2, 0.25) is 5.88 Å². The zero-order chi connectivity index (χ0) is 21.1. The van der Waals surface area contributed by atoms with E-state index in [0.717, 1.165) is 11.6 Å². The van der Waals surface area contributed by atoms with Gasteiger partial charge in [-0.05, 0) is 30.4 Å². The third-order valence-electron chi connectivity index (χ3n) is 4.25. The summed E-state index contributed by atoms with van der Waals surface area (Å²) in [6.45, 7) is 0.131. The molecule has 1 heterocycles. The highest BCUT2D eigenvalue weighted by Gasteiger charge is 2.48. The van der Waals surface area contributed by atoms with E-state index in [9.17, 15) is 26.4 Å². The molecule has 1 aromatic heterocycles. The van der Waals surface area contributed by atoms with Crippen molar-refractivity contribution in [1.29, 1.82) is 0 Å². The van der Waals surface area contributed by atoms with Crippen molar-refractivity contribution >= 4 is 16.2 Å². The third-order valence-corrected chi connectivity index (χ3v) is 5.21. The van der Waals surface area contributed by atoms with Crippen molar-refractivity contribution in [3.05, 3.63) is 59.3 Å². The Morgan fingerprint density at radius 1 is 1.17 bits per heavy atom. The number of benzene rings is 1. The van der Waals surface area contributed by atoms with E-state index in [2.05, 4.69) is 14.5 Å². The Kier molecular flexibility index (Phi) is 5.96. The molecule has 1 amide bonds. The molecular weight excluding hydrogens is 413 g/mol. The smallest absolute Gasteiger partial charge is 0.445 e. The van der Waals surface area contributed by atoms with Gasteiger partial charge < -0.3 is 14.2 Å². The molecule has 1 aliphatic carbocycles. The summed E-state index contributed by atoms with van der Waals surface area (Å²) in [4.78, 5) is 15.8. The van der Waals surface area contributed by atoms with Gasteiger partial charge >= 0.3 is 21.7 Å². The van der Waals surface area contributed by atoms with Crippen LogP contribution in [0.15, 0.2) is 42.5 Å². The Balaban J connectivity index is 1.56. The van der Waals surface area contributed by atoms with Crippen molar-refractivity contribution in [3.63, 3.8) is 0 Å². The molecule has 156 valence electrons. The average Bonchev–Trinajstić information content (AvgIpc) is 2.66. The Bertz CT molecular complexity index is 981. The number of pyridine rings is 1. The number of nitrogens with one attached hydrogen (secondary N) is 1. The number of hydrogen-bond acceptors (Lipinski definition) is 6. The molecule has 1 atom stereocenters. The zero-order valence-electron chi connectivity index (χ0n) is 15.0. The molecule has 0 saturated heterocycles. The maximum atomic E-state index is 12.4. The van der Waals surface area contributed by atoms with Crippen molar-refractivity contribution in [2.45, 2.75) is 37.4 Å². The molecule has 1 aromatic carbocycles. The second-order valence-electron chi connectivity index (χ2n) is 6.38. The van der Waals surface area contributed by atoms with Gasteiger partial charge in [0.05, 0.1) is 0 Å². The summed E-state index contributed by atoms with van der Waals surface area (Å²) in [5.74, 6) is -0.644. The van der Waals surface area contributed by atoms with Crippen molar-refractivity contribution in [2.24, 2.45) is 0 Å². The molecule has 3 rings (SSSR count). The summed E-state index contributed by atoms with van der Waals surface area (Å²) in [6.07, 6.45) is 0.610. The number of carbonyl (C=O) groups excluding carboxylic acids is 1. The molecular formula is C18H17F3N2O5S.